The Morgan fingerprint density at radius 3 is 2.38 bits per heavy atom. The fourth-order valence-corrected chi connectivity index (χ4v) is 4.80. The maximum atomic E-state index is 13.0. The van der Waals surface area contributed by atoms with E-state index in [1.807, 2.05) is 6.07 Å². The van der Waals surface area contributed by atoms with Crippen molar-refractivity contribution in [1.82, 2.24) is 14.5 Å². The molecular formula is C28H31N3O6. The third-order valence-corrected chi connectivity index (χ3v) is 6.53. The lowest BCUT2D eigenvalue weighted by Gasteiger charge is -2.24. The van der Waals surface area contributed by atoms with Crippen molar-refractivity contribution >= 4 is 28.8 Å². The Morgan fingerprint density at radius 2 is 1.73 bits per heavy atom. The molecule has 9 heteroatoms. The Labute approximate surface area is 215 Å². The summed E-state index contributed by atoms with van der Waals surface area (Å²) in [4.78, 5) is 44.2. The van der Waals surface area contributed by atoms with Gasteiger partial charge in [0, 0.05) is 25.8 Å². The number of hydrogen-bond donors (Lipinski definition) is 0. The number of fused-ring (bicyclic) bond motifs is 2. The molecule has 2 aliphatic heterocycles. The molecule has 1 aromatic heterocycles. The molecule has 5 rings (SSSR count). The van der Waals surface area contributed by atoms with Gasteiger partial charge in [-0.2, -0.15) is 0 Å². The summed E-state index contributed by atoms with van der Waals surface area (Å²) >= 11 is 0. The molecule has 0 radical (unpaired) electrons. The molecule has 0 bridgehead atoms. The summed E-state index contributed by atoms with van der Waals surface area (Å²) < 4.78 is 18.6. The normalized spacial score (nSPS) is 16.4. The van der Waals surface area contributed by atoms with Crippen molar-refractivity contribution in [3.63, 3.8) is 0 Å². The van der Waals surface area contributed by atoms with E-state index in [2.05, 4.69) is 4.57 Å². The number of aromatic nitrogens is 2. The number of imidazole rings is 1. The monoisotopic (exact) mass is 505 g/mol. The van der Waals surface area contributed by atoms with E-state index in [-0.39, 0.29) is 25.0 Å². The highest BCUT2D eigenvalue weighted by molar-refractivity contribution is 6.21. The number of imide groups is 1. The van der Waals surface area contributed by atoms with Gasteiger partial charge in [-0.05, 0) is 63.8 Å². The van der Waals surface area contributed by atoms with E-state index in [1.54, 1.807) is 57.2 Å². The lowest BCUT2D eigenvalue weighted by atomic mass is 10.0. The Balaban J connectivity index is 1.42. The number of benzene rings is 2. The van der Waals surface area contributed by atoms with Crippen LogP contribution in [0.1, 0.15) is 60.2 Å². The Hall–Kier alpha value is -3.72. The van der Waals surface area contributed by atoms with E-state index in [4.69, 9.17) is 19.2 Å². The van der Waals surface area contributed by atoms with Crippen molar-refractivity contribution in [3.8, 4) is 5.75 Å². The van der Waals surface area contributed by atoms with Crippen LogP contribution in [0.4, 0.5) is 0 Å². The second-order valence-corrected chi connectivity index (χ2v) is 10.5. The molecule has 2 aliphatic rings. The maximum Gasteiger partial charge on any atom is 0.344 e. The van der Waals surface area contributed by atoms with Crippen molar-refractivity contribution in [2.24, 2.45) is 5.92 Å². The van der Waals surface area contributed by atoms with Gasteiger partial charge in [0.2, 0.25) is 0 Å². The molecule has 3 aromatic rings. The third kappa shape index (κ3) is 5.36. The van der Waals surface area contributed by atoms with Crippen molar-refractivity contribution in [3.05, 3.63) is 59.4 Å². The number of rotatable bonds is 7. The summed E-state index contributed by atoms with van der Waals surface area (Å²) in [6.45, 7) is 7.40. The Kier molecular flexibility index (Phi) is 6.72. The van der Waals surface area contributed by atoms with Gasteiger partial charge in [-0.15, -0.1) is 0 Å². The molecule has 2 aromatic carbocycles. The Bertz CT molecular complexity index is 1310. The second-order valence-electron chi connectivity index (χ2n) is 10.5. The van der Waals surface area contributed by atoms with Crippen LogP contribution in [-0.2, 0) is 27.4 Å². The molecule has 0 atom stereocenters. The number of esters is 1. The summed E-state index contributed by atoms with van der Waals surface area (Å²) in [6, 6.07) is 12.3. The quantitative estimate of drug-likeness (QED) is 0.354. The van der Waals surface area contributed by atoms with Crippen molar-refractivity contribution in [1.29, 1.82) is 0 Å². The number of nitrogens with zero attached hydrogens (tertiary/aromatic N) is 3. The predicted molar refractivity (Wildman–Crippen MR) is 135 cm³/mol. The third-order valence-electron chi connectivity index (χ3n) is 6.53. The highest BCUT2D eigenvalue weighted by atomic mass is 16.6. The van der Waals surface area contributed by atoms with E-state index in [0.717, 1.165) is 18.4 Å². The van der Waals surface area contributed by atoms with E-state index in [9.17, 15) is 14.4 Å². The molecule has 0 N–H and O–H groups in total. The number of amides is 2. The molecule has 2 amide bonds. The minimum Gasteiger partial charge on any atom is -0.482 e. The van der Waals surface area contributed by atoms with Crippen LogP contribution < -0.4 is 4.74 Å². The fraction of sp³-hybridized carbons (Fsp3) is 0.429. The molecule has 0 aliphatic carbocycles. The first kappa shape index (κ1) is 25.0. The van der Waals surface area contributed by atoms with Crippen LogP contribution in [0.3, 0.4) is 0 Å². The zero-order valence-electron chi connectivity index (χ0n) is 21.4. The summed E-state index contributed by atoms with van der Waals surface area (Å²) in [5.41, 5.74) is 1.78. The van der Waals surface area contributed by atoms with E-state index < -0.39 is 11.6 Å². The van der Waals surface area contributed by atoms with Gasteiger partial charge in [0.25, 0.3) is 11.8 Å². The van der Waals surface area contributed by atoms with Gasteiger partial charge in [0.05, 0.1) is 28.7 Å². The lowest BCUT2D eigenvalue weighted by molar-refractivity contribution is -0.157. The topological polar surface area (TPSA) is 100.0 Å². The first-order valence-electron chi connectivity index (χ1n) is 12.6. The van der Waals surface area contributed by atoms with Crippen LogP contribution in [-0.4, -0.2) is 57.7 Å². The van der Waals surface area contributed by atoms with Gasteiger partial charge in [0.15, 0.2) is 6.61 Å². The highest BCUT2D eigenvalue weighted by Crippen LogP contribution is 2.29. The van der Waals surface area contributed by atoms with Gasteiger partial charge >= 0.3 is 5.97 Å². The van der Waals surface area contributed by atoms with Gasteiger partial charge in [0.1, 0.15) is 17.2 Å². The van der Waals surface area contributed by atoms with Crippen LogP contribution in [0.2, 0.25) is 0 Å². The first-order chi connectivity index (χ1) is 17.7. The molecule has 0 saturated carbocycles. The minimum absolute atomic E-state index is 0.0678. The average molecular weight is 506 g/mol. The molecule has 1 saturated heterocycles. The predicted octanol–water partition coefficient (Wildman–Crippen LogP) is 3.98. The van der Waals surface area contributed by atoms with E-state index in [0.29, 0.717) is 53.9 Å². The van der Waals surface area contributed by atoms with Crippen LogP contribution in [0.5, 0.6) is 5.75 Å². The zero-order chi connectivity index (χ0) is 26.2. The van der Waals surface area contributed by atoms with Crippen LogP contribution >= 0.6 is 0 Å². The lowest BCUT2D eigenvalue weighted by Crippen LogP contribution is -2.31. The largest absolute Gasteiger partial charge is 0.482 e. The minimum atomic E-state index is -0.591. The SMILES string of the molecule is CC(C)(C)OC(=O)COc1ccc2c(c1)nc(CN1C(=O)c3ccccc3C1=O)n2CC1CCOCC1. The number of carbonyl (C=O) groups excluding carboxylic acids is 3. The number of ether oxygens (including phenoxy) is 3. The molecule has 0 spiro atoms. The van der Waals surface area contributed by atoms with Gasteiger partial charge in [-0.1, -0.05) is 12.1 Å². The van der Waals surface area contributed by atoms with Crippen molar-refractivity contribution in [2.45, 2.75) is 52.3 Å². The molecule has 9 nitrogen and oxygen atoms in total. The standard InChI is InChI=1S/C28H31N3O6/c1-28(2,3)37-25(32)17-36-19-8-9-23-22(14-19)29-24(30(23)15-18-10-12-35-13-11-18)16-31-26(33)20-6-4-5-7-21(20)27(31)34/h4-9,14,18H,10-13,15-17H2,1-3H3. The smallest absolute Gasteiger partial charge is 0.344 e. The maximum absolute atomic E-state index is 13.0. The molecule has 194 valence electrons. The van der Waals surface area contributed by atoms with Gasteiger partial charge < -0.3 is 18.8 Å². The molecule has 1 fully saturated rings. The number of hydrogen-bond acceptors (Lipinski definition) is 7. The zero-order valence-corrected chi connectivity index (χ0v) is 21.4. The van der Waals surface area contributed by atoms with Crippen molar-refractivity contribution < 1.29 is 28.6 Å². The summed E-state index contributed by atoms with van der Waals surface area (Å²) in [6.07, 6.45) is 1.87. The number of carbonyl (C=O) groups is 3. The highest BCUT2D eigenvalue weighted by Gasteiger charge is 2.36. The van der Waals surface area contributed by atoms with Crippen LogP contribution in [0.15, 0.2) is 42.5 Å². The summed E-state index contributed by atoms with van der Waals surface area (Å²) in [7, 11) is 0. The van der Waals surface area contributed by atoms with Crippen LogP contribution in [0.25, 0.3) is 11.0 Å². The van der Waals surface area contributed by atoms with Crippen molar-refractivity contribution in [2.75, 3.05) is 19.8 Å². The fourth-order valence-electron chi connectivity index (χ4n) is 4.80. The van der Waals surface area contributed by atoms with E-state index in [1.165, 1.54) is 4.90 Å². The van der Waals surface area contributed by atoms with Gasteiger partial charge in [-0.25, -0.2) is 9.78 Å². The molecule has 3 heterocycles. The Morgan fingerprint density at radius 1 is 1.05 bits per heavy atom. The second kappa shape index (κ2) is 9.97. The molecular weight excluding hydrogens is 474 g/mol. The molecule has 37 heavy (non-hydrogen) atoms. The molecule has 0 unspecified atom stereocenters. The van der Waals surface area contributed by atoms with Gasteiger partial charge in [-0.3, -0.25) is 14.5 Å². The van der Waals surface area contributed by atoms with E-state index >= 15 is 0 Å². The average Bonchev–Trinajstić information content (AvgIpc) is 3.32. The van der Waals surface area contributed by atoms with Crippen LogP contribution in [0, 0.1) is 5.92 Å². The summed E-state index contributed by atoms with van der Waals surface area (Å²) in [5.74, 6) is 0.430. The first-order valence-corrected chi connectivity index (χ1v) is 12.6. The summed E-state index contributed by atoms with van der Waals surface area (Å²) in [5, 5.41) is 0.